The molecule has 0 unspecified atom stereocenters. The van der Waals surface area contributed by atoms with Gasteiger partial charge in [0.15, 0.2) is 5.71 Å². The van der Waals surface area contributed by atoms with Crippen LogP contribution in [0.25, 0.3) is 0 Å². The summed E-state index contributed by atoms with van der Waals surface area (Å²) in [7, 11) is 2.17. The van der Waals surface area contributed by atoms with Crippen molar-refractivity contribution < 1.29 is 6.00 Å². The molecule has 96 valence electrons. The largest absolute Gasteiger partial charge is 0.212 e. The van der Waals surface area contributed by atoms with Crippen LogP contribution in [0.4, 0.5) is 5.69 Å². The van der Waals surface area contributed by atoms with Crippen molar-refractivity contribution in [3.05, 3.63) is 28.8 Å². The first-order chi connectivity index (χ1) is 7.85. The Balaban J connectivity index is 0.000000917. The molecule has 1 aromatic carbocycles. The first-order valence-corrected chi connectivity index (χ1v) is 6.55. The summed E-state index contributed by atoms with van der Waals surface area (Å²) in [6.45, 7) is 15.2. The third kappa shape index (κ3) is 2.03. The third-order valence-corrected chi connectivity index (χ3v) is 3.86. The zero-order valence-corrected chi connectivity index (χ0v) is 12.6. The summed E-state index contributed by atoms with van der Waals surface area (Å²) >= 11 is 0. The van der Waals surface area contributed by atoms with Crippen LogP contribution >= 0.6 is 0 Å². The van der Waals surface area contributed by atoms with Gasteiger partial charge in [0.25, 0.3) is 0 Å². The van der Waals surface area contributed by atoms with E-state index in [9.17, 15) is 0 Å². The Morgan fingerprint density at radius 1 is 1.06 bits per heavy atom. The number of hydrogen-bond acceptors (Lipinski definition) is 0. The Bertz CT molecular complexity index is 470. The molecule has 0 atom stereocenters. The van der Waals surface area contributed by atoms with Crippen molar-refractivity contribution in [2.24, 2.45) is 0 Å². The van der Waals surface area contributed by atoms with Gasteiger partial charge >= 0.3 is 0 Å². The Kier molecular flexibility index (Phi) is 3.81. The molecule has 17 heavy (non-hydrogen) atoms. The van der Waals surface area contributed by atoms with Crippen LogP contribution in [0.15, 0.2) is 12.1 Å². The molecule has 0 fully saturated rings. The molecule has 0 bridgehead atoms. The van der Waals surface area contributed by atoms with Crippen LogP contribution in [0.2, 0.25) is 0 Å². The van der Waals surface area contributed by atoms with E-state index in [4.69, 9.17) is 0 Å². The number of rotatable bonds is 0. The monoisotopic (exact) mass is 234 g/mol. The van der Waals surface area contributed by atoms with E-state index in [-0.39, 0.29) is 6.84 Å². The van der Waals surface area contributed by atoms with Crippen molar-refractivity contribution in [3.8, 4) is 0 Å². The predicted octanol–water partition coefficient (Wildman–Crippen LogP) is 4.60. The summed E-state index contributed by atoms with van der Waals surface area (Å²) in [4.78, 5) is 0. The van der Waals surface area contributed by atoms with Gasteiger partial charge in [-0.25, -0.2) is 4.58 Å². The summed E-state index contributed by atoms with van der Waals surface area (Å²) in [6, 6.07) is 4.60. The second kappa shape index (κ2) is 4.64. The number of benzene rings is 1. The van der Waals surface area contributed by atoms with Gasteiger partial charge in [0, 0.05) is 19.5 Å². The standard InChI is InChI=1S/C14H20N.C2H6.H2/c1-9-7-10(2)13-12(8-9)14(4,5)11(3)15(13)6;1-2;/h7-8H,1-6H3;1-2H3;1H/q+1;;. The van der Waals surface area contributed by atoms with Crippen LogP contribution in [-0.2, 0) is 5.41 Å². The van der Waals surface area contributed by atoms with E-state index in [1.54, 1.807) is 0 Å². The van der Waals surface area contributed by atoms with Crippen molar-refractivity contribution in [1.29, 1.82) is 0 Å². The topological polar surface area (TPSA) is 3.01 Å². The van der Waals surface area contributed by atoms with E-state index >= 15 is 0 Å². The molecule has 0 radical (unpaired) electrons. The van der Waals surface area contributed by atoms with Gasteiger partial charge in [-0.15, -0.1) is 0 Å². The van der Waals surface area contributed by atoms with Crippen molar-refractivity contribution in [2.45, 2.75) is 53.9 Å². The maximum Gasteiger partial charge on any atom is 0.212 e. The molecule has 0 saturated carbocycles. The Labute approximate surface area is 108 Å². The molecule has 0 amide bonds. The zero-order chi connectivity index (χ0) is 13.4. The van der Waals surface area contributed by atoms with E-state index in [1.807, 2.05) is 13.8 Å². The quantitative estimate of drug-likeness (QED) is 0.577. The Morgan fingerprint density at radius 3 is 2.12 bits per heavy atom. The highest BCUT2D eigenvalue weighted by atomic mass is 15.0. The fourth-order valence-corrected chi connectivity index (χ4v) is 2.66. The normalized spacial score (nSPS) is 16.5. The molecule has 1 heterocycles. The predicted molar refractivity (Wildman–Crippen MR) is 78.9 cm³/mol. The lowest BCUT2D eigenvalue weighted by molar-refractivity contribution is -0.403. The molecule has 0 aromatic heterocycles. The molecule has 0 spiro atoms. The Morgan fingerprint density at radius 2 is 1.59 bits per heavy atom. The van der Waals surface area contributed by atoms with Gasteiger partial charge < -0.3 is 0 Å². The summed E-state index contributed by atoms with van der Waals surface area (Å²) in [6.07, 6.45) is 0. The summed E-state index contributed by atoms with van der Waals surface area (Å²) in [5.41, 5.74) is 7.25. The van der Waals surface area contributed by atoms with E-state index in [1.165, 1.54) is 28.1 Å². The summed E-state index contributed by atoms with van der Waals surface area (Å²) < 4.78 is 2.34. The fraction of sp³-hybridized carbons (Fsp3) is 0.562. The van der Waals surface area contributed by atoms with Crippen LogP contribution in [0.5, 0.6) is 0 Å². The van der Waals surface area contributed by atoms with Gasteiger partial charge in [0.1, 0.15) is 7.05 Å². The molecule has 1 aromatic rings. The number of nitrogens with zero attached hydrogens (tertiary/aromatic N) is 1. The van der Waals surface area contributed by atoms with Gasteiger partial charge in [-0.1, -0.05) is 19.4 Å². The van der Waals surface area contributed by atoms with E-state index in [2.05, 4.69) is 58.4 Å². The van der Waals surface area contributed by atoms with Gasteiger partial charge in [0.2, 0.25) is 5.69 Å². The second-order valence-corrected chi connectivity index (χ2v) is 5.25. The van der Waals surface area contributed by atoms with Crippen LogP contribution in [0.1, 0.15) is 52.7 Å². The molecule has 0 aliphatic carbocycles. The van der Waals surface area contributed by atoms with Gasteiger partial charge in [-0.05, 0) is 39.8 Å². The average Bonchev–Trinajstić information content (AvgIpc) is 2.44. The number of aryl methyl sites for hydroxylation is 2. The molecular formula is C16H28N+. The van der Waals surface area contributed by atoms with E-state index in [0.29, 0.717) is 0 Å². The van der Waals surface area contributed by atoms with Crippen molar-refractivity contribution in [1.82, 2.24) is 0 Å². The molecule has 0 N–H and O–H groups in total. The smallest absolute Gasteiger partial charge is 0.202 e. The van der Waals surface area contributed by atoms with E-state index < -0.39 is 0 Å². The second-order valence-electron chi connectivity index (χ2n) is 5.25. The minimum atomic E-state index is 0. The number of hydrogen-bond donors (Lipinski definition) is 0. The molecule has 1 nitrogen and oxygen atoms in total. The van der Waals surface area contributed by atoms with Crippen molar-refractivity contribution in [3.63, 3.8) is 0 Å². The highest BCUT2D eigenvalue weighted by Crippen LogP contribution is 2.41. The first-order valence-electron chi connectivity index (χ1n) is 6.55. The van der Waals surface area contributed by atoms with Crippen LogP contribution in [-0.4, -0.2) is 17.3 Å². The minimum absolute atomic E-state index is 0. The van der Waals surface area contributed by atoms with Crippen LogP contribution in [0, 0.1) is 13.8 Å². The summed E-state index contributed by atoms with van der Waals surface area (Å²) in [5, 5.41) is 0. The van der Waals surface area contributed by atoms with Crippen molar-refractivity contribution in [2.75, 3.05) is 7.05 Å². The molecule has 1 aliphatic rings. The van der Waals surface area contributed by atoms with Crippen LogP contribution < -0.4 is 0 Å². The van der Waals surface area contributed by atoms with Gasteiger partial charge in [-0.2, -0.15) is 0 Å². The molecule has 0 saturated heterocycles. The lowest BCUT2D eigenvalue weighted by Crippen LogP contribution is -2.25. The maximum absolute atomic E-state index is 2.34. The fourth-order valence-electron chi connectivity index (χ4n) is 2.66. The van der Waals surface area contributed by atoms with Gasteiger partial charge in [-0.3, -0.25) is 0 Å². The lowest BCUT2D eigenvalue weighted by Gasteiger charge is -2.15. The molecule has 1 heteroatoms. The van der Waals surface area contributed by atoms with E-state index in [0.717, 1.165) is 0 Å². The SMILES string of the molecule is CC.CC1=[N+](C)c2c(C)cc(C)cc2C1(C)C.[HH]. The molecule has 1 aliphatic heterocycles. The molecular weight excluding hydrogens is 206 g/mol. The first kappa shape index (κ1) is 14.0. The number of fused-ring (bicyclic) bond motifs is 1. The lowest BCUT2D eigenvalue weighted by atomic mass is 9.81. The highest BCUT2D eigenvalue weighted by molar-refractivity contribution is 5.93. The minimum Gasteiger partial charge on any atom is -0.202 e. The Hall–Kier alpha value is -1.11. The highest BCUT2D eigenvalue weighted by Gasteiger charge is 2.42. The van der Waals surface area contributed by atoms with Crippen LogP contribution in [0.3, 0.4) is 0 Å². The average molecular weight is 234 g/mol. The van der Waals surface area contributed by atoms with Crippen molar-refractivity contribution >= 4 is 11.4 Å². The third-order valence-electron chi connectivity index (χ3n) is 3.86. The molecule has 2 rings (SSSR count). The van der Waals surface area contributed by atoms with Gasteiger partial charge in [0.05, 0.1) is 5.41 Å². The zero-order valence-electron chi connectivity index (χ0n) is 12.6. The maximum atomic E-state index is 2.34. The summed E-state index contributed by atoms with van der Waals surface area (Å²) in [5.74, 6) is 0.